The number of methoxy groups -OCH3 is 1. The Morgan fingerprint density at radius 3 is 2.00 bits per heavy atom. The smallest absolute Gasteiger partial charge is 0.251 e. The van der Waals surface area contributed by atoms with Gasteiger partial charge in [-0.2, -0.15) is 4.98 Å². The van der Waals surface area contributed by atoms with Crippen LogP contribution in [-0.4, -0.2) is 160 Å². The maximum absolute atomic E-state index is 13.2. The molecule has 5 rings (SSSR count). The van der Waals surface area contributed by atoms with Crippen LogP contribution in [0.1, 0.15) is 62.2 Å². The molecule has 3 heterocycles. The van der Waals surface area contributed by atoms with Crippen molar-refractivity contribution in [2.24, 2.45) is 0 Å². The van der Waals surface area contributed by atoms with E-state index in [1.807, 2.05) is 6.92 Å². The fourth-order valence-corrected chi connectivity index (χ4v) is 7.28. The van der Waals surface area contributed by atoms with Gasteiger partial charge in [-0.25, -0.2) is 4.98 Å². The van der Waals surface area contributed by atoms with E-state index in [9.17, 15) is 9.59 Å². The van der Waals surface area contributed by atoms with Gasteiger partial charge in [-0.1, -0.05) is 19.8 Å². The van der Waals surface area contributed by atoms with Crippen molar-refractivity contribution < 1.29 is 47.5 Å². The Balaban J connectivity index is 0.873. The summed E-state index contributed by atoms with van der Waals surface area (Å²) in [5.74, 6) is 1.43. The van der Waals surface area contributed by atoms with Crippen molar-refractivity contribution >= 4 is 35.0 Å². The second kappa shape index (κ2) is 25.7. The fraction of sp³-hybridized carbons (Fsp3) is 0.707. The Hall–Kier alpha value is -3.68. The van der Waals surface area contributed by atoms with Crippen molar-refractivity contribution in [1.82, 2.24) is 20.6 Å². The van der Waals surface area contributed by atoms with E-state index in [1.54, 1.807) is 43.5 Å². The molecule has 58 heavy (non-hydrogen) atoms. The lowest BCUT2D eigenvalue weighted by Gasteiger charge is -2.43. The van der Waals surface area contributed by atoms with Gasteiger partial charge in [0.2, 0.25) is 11.9 Å². The standard InChI is InChI=1S/C41H65N7O10/c1-4-35-40(50)47(2)36-30-44-41(46-38(36)48(35)32-7-5-6-8-32)45-34-10-9-31(29-37(34)51-3)39(49)43-15-16-52-17-18-53-19-20-54-21-22-55-23-24-56-25-26-57-27-28-58-33-11-13-42-14-12-33/h9-10,29-30,32-33,35,42H,4-8,11-28H2,1-3H3,(H,43,49)(H,44,45,46)/t35-/m1/s1. The highest BCUT2D eigenvalue weighted by molar-refractivity contribution is 6.04. The lowest BCUT2D eigenvalue weighted by Crippen LogP contribution is -2.55. The first-order chi connectivity index (χ1) is 28.5. The number of nitrogens with one attached hydrogen (secondary N) is 3. The van der Waals surface area contributed by atoms with Crippen LogP contribution in [0, 0.1) is 0 Å². The number of ether oxygens (including phenoxy) is 8. The Morgan fingerprint density at radius 2 is 1.41 bits per heavy atom. The minimum absolute atomic E-state index is 0.0682. The Bertz CT molecular complexity index is 1510. The minimum Gasteiger partial charge on any atom is -0.495 e. The van der Waals surface area contributed by atoms with Gasteiger partial charge in [-0.05, 0) is 63.4 Å². The van der Waals surface area contributed by atoms with Crippen LogP contribution < -0.4 is 30.5 Å². The van der Waals surface area contributed by atoms with E-state index >= 15 is 0 Å². The average molecular weight is 816 g/mol. The predicted molar refractivity (Wildman–Crippen MR) is 220 cm³/mol. The monoisotopic (exact) mass is 815 g/mol. The maximum atomic E-state index is 13.2. The van der Waals surface area contributed by atoms with Crippen LogP contribution in [0.25, 0.3) is 0 Å². The molecule has 0 radical (unpaired) electrons. The number of carbonyl (C=O) groups excluding carboxylic acids is 2. The van der Waals surface area contributed by atoms with Gasteiger partial charge in [-0.3, -0.25) is 9.59 Å². The molecule has 1 aliphatic carbocycles. The van der Waals surface area contributed by atoms with E-state index in [-0.39, 0.29) is 23.9 Å². The minimum atomic E-state index is -0.258. The number of piperidine rings is 1. The first kappa shape index (κ1) is 45.4. The van der Waals surface area contributed by atoms with Crippen LogP contribution >= 0.6 is 0 Å². The number of hydrogen-bond donors (Lipinski definition) is 3. The molecular formula is C41H65N7O10. The summed E-state index contributed by atoms with van der Waals surface area (Å²) in [6.07, 6.45) is 9.25. The molecule has 1 saturated heterocycles. The lowest BCUT2D eigenvalue weighted by atomic mass is 10.0. The van der Waals surface area contributed by atoms with Crippen molar-refractivity contribution in [3.05, 3.63) is 30.0 Å². The zero-order valence-corrected chi connectivity index (χ0v) is 34.7. The number of benzene rings is 1. The average Bonchev–Trinajstić information content (AvgIpc) is 3.79. The lowest BCUT2D eigenvalue weighted by molar-refractivity contribution is -0.120. The summed E-state index contributed by atoms with van der Waals surface area (Å²) >= 11 is 0. The van der Waals surface area contributed by atoms with Crippen LogP contribution in [0.15, 0.2) is 24.4 Å². The summed E-state index contributed by atoms with van der Waals surface area (Å²) in [6.45, 7) is 10.8. The van der Waals surface area contributed by atoms with Crippen molar-refractivity contribution in [3.63, 3.8) is 0 Å². The number of rotatable bonds is 28. The van der Waals surface area contributed by atoms with Gasteiger partial charge in [0.05, 0.1) is 111 Å². The van der Waals surface area contributed by atoms with Crippen LogP contribution in [0.4, 0.5) is 23.1 Å². The molecule has 2 aromatic rings. The van der Waals surface area contributed by atoms with Gasteiger partial charge in [0.15, 0.2) is 5.82 Å². The molecule has 2 fully saturated rings. The number of likely N-dealkylation sites (N-methyl/N-ethyl adjacent to an activating group) is 1. The molecule has 1 aromatic heterocycles. The van der Waals surface area contributed by atoms with Crippen LogP contribution in [0.3, 0.4) is 0 Å². The Kier molecular flexibility index (Phi) is 20.1. The molecular weight excluding hydrogens is 750 g/mol. The first-order valence-electron chi connectivity index (χ1n) is 20.9. The molecule has 1 atom stereocenters. The molecule has 0 spiro atoms. The third-order valence-electron chi connectivity index (χ3n) is 10.4. The third-order valence-corrected chi connectivity index (χ3v) is 10.4. The summed E-state index contributed by atoms with van der Waals surface area (Å²) < 4.78 is 44.7. The zero-order valence-electron chi connectivity index (χ0n) is 34.7. The summed E-state index contributed by atoms with van der Waals surface area (Å²) in [7, 11) is 3.33. The van der Waals surface area contributed by atoms with Crippen molar-refractivity contribution in [1.29, 1.82) is 0 Å². The molecule has 17 nitrogen and oxygen atoms in total. The molecule has 0 bridgehead atoms. The number of aromatic nitrogens is 2. The Morgan fingerprint density at radius 1 is 0.828 bits per heavy atom. The van der Waals surface area contributed by atoms with Gasteiger partial charge in [0.25, 0.3) is 5.91 Å². The SMILES string of the molecule is CC[C@@H]1C(=O)N(C)c2cnc(Nc3ccc(C(=O)NCCOCCOCCOCCOCCOCCOCCOC4CCNCC4)cc3OC)nc2N1C1CCCC1. The number of amides is 2. The van der Waals surface area contributed by atoms with Gasteiger partial charge in [0, 0.05) is 25.2 Å². The quantitative estimate of drug-likeness (QED) is 0.107. The molecule has 1 aromatic carbocycles. The fourth-order valence-electron chi connectivity index (χ4n) is 7.28. The van der Waals surface area contributed by atoms with Gasteiger partial charge >= 0.3 is 0 Å². The van der Waals surface area contributed by atoms with E-state index in [0.717, 1.165) is 57.4 Å². The summed E-state index contributed by atoms with van der Waals surface area (Å²) in [5, 5.41) is 9.47. The molecule has 3 aliphatic rings. The van der Waals surface area contributed by atoms with Crippen molar-refractivity contribution in [2.45, 2.75) is 70.1 Å². The van der Waals surface area contributed by atoms with Crippen molar-refractivity contribution in [3.8, 4) is 5.75 Å². The number of nitrogens with zero attached hydrogens (tertiary/aromatic N) is 4. The van der Waals surface area contributed by atoms with Gasteiger partial charge in [-0.15, -0.1) is 0 Å². The summed E-state index contributed by atoms with van der Waals surface area (Å²) in [5.41, 5.74) is 1.76. The molecule has 324 valence electrons. The van der Waals surface area contributed by atoms with Crippen LogP contribution in [-0.2, 0) is 38.0 Å². The highest BCUT2D eigenvalue weighted by Crippen LogP contribution is 2.40. The molecule has 2 amide bonds. The normalized spacial score (nSPS) is 17.5. The second-order valence-corrected chi connectivity index (χ2v) is 14.4. The summed E-state index contributed by atoms with van der Waals surface area (Å²) in [6, 6.07) is 5.17. The number of carbonyl (C=O) groups is 2. The highest BCUT2D eigenvalue weighted by Gasteiger charge is 2.41. The summed E-state index contributed by atoms with van der Waals surface area (Å²) in [4.78, 5) is 39.4. The molecule has 0 unspecified atom stereocenters. The molecule has 17 heteroatoms. The molecule has 1 saturated carbocycles. The third kappa shape index (κ3) is 14.3. The first-order valence-corrected chi connectivity index (χ1v) is 20.9. The highest BCUT2D eigenvalue weighted by atomic mass is 16.6. The van der Waals surface area contributed by atoms with E-state index in [0.29, 0.717) is 134 Å². The molecule has 3 N–H and O–H groups in total. The largest absolute Gasteiger partial charge is 0.495 e. The van der Waals surface area contributed by atoms with E-state index in [4.69, 9.17) is 42.9 Å². The Labute approximate surface area is 343 Å². The van der Waals surface area contributed by atoms with Crippen LogP contribution in [0.5, 0.6) is 5.75 Å². The second-order valence-electron chi connectivity index (χ2n) is 14.4. The topological polar surface area (TPSA) is 176 Å². The maximum Gasteiger partial charge on any atom is 0.251 e. The van der Waals surface area contributed by atoms with Gasteiger partial charge < -0.3 is 63.6 Å². The van der Waals surface area contributed by atoms with Crippen LogP contribution in [0.2, 0.25) is 0 Å². The van der Waals surface area contributed by atoms with E-state index in [2.05, 4.69) is 25.8 Å². The number of hydrogen-bond acceptors (Lipinski definition) is 15. The number of fused-ring (bicyclic) bond motifs is 1. The van der Waals surface area contributed by atoms with Crippen molar-refractivity contribution in [2.75, 3.05) is 135 Å². The van der Waals surface area contributed by atoms with E-state index in [1.165, 1.54) is 0 Å². The van der Waals surface area contributed by atoms with E-state index < -0.39 is 0 Å². The van der Waals surface area contributed by atoms with Gasteiger partial charge in [0.1, 0.15) is 17.5 Å². The zero-order chi connectivity index (χ0) is 40.8. The predicted octanol–water partition coefficient (Wildman–Crippen LogP) is 3.33. The molecule has 2 aliphatic heterocycles. The number of anilines is 4.